The molecule has 2 aromatic rings. The van der Waals surface area contributed by atoms with Gasteiger partial charge in [-0.3, -0.25) is 0 Å². The summed E-state index contributed by atoms with van der Waals surface area (Å²) in [5.41, 5.74) is 17.3. The standard InChI is InChI=1S/C17H23NS/c1-9-7-19-8-15(9)17(18)16-13(5)11(3)10(2)12(4)14(16)6/h7-8,17H,18H2,1-6H3. The predicted molar refractivity (Wildman–Crippen MR) is 85.2 cm³/mol. The molecule has 0 amide bonds. The first-order valence-electron chi connectivity index (χ1n) is 6.71. The second-order valence-corrected chi connectivity index (χ2v) is 6.27. The Balaban J connectivity index is 2.67. The van der Waals surface area contributed by atoms with Crippen LogP contribution in [0.1, 0.15) is 50.5 Å². The van der Waals surface area contributed by atoms with Crippen LogP contribution < -0.4 is 5.73 Å². The van der Waals surface area contributed by atoms with Gasteiger partial charge in [-0.2, -0.15) is 11.3 Å². The summed E-state index contributed by atoms with van der Waals surface area (Å²) >= 11 is 1.73. The minimum Gasteiger partial charge on any atom is -0.320 e. The topological polar surface area (TPSA) is 26.0 Å². The highest BCUT2D eigenvalue weighted by Crippen LogP contribution is 2.34. The molecular weight excluding hydrogens is 250 g/mol. The highest BCUT2D eigenvalue weighted by Gasteiger charge is 2.20. The lowest BCUT2D eigenvalue weighted by molar-refractivity contribution is 0.840. The Hall–Kier alpha value is -1.12. The van der Waals surface area contributed by atoms with Gasteiger partial charge in [-0.25, -0.2) is 0 Å². The Morgan fingerprint density at radius 3 is 1.68 bits per heavy atom. The smallest absolute Gasteiger partial charge is 0.0567 e. The van der Waals surface area contributed by atoms with Crippen LogP contribution in [0.15, 0.2) is 10.8 Å². The number of hydrogen-bond donors (Lipinski definition) is 1. The summed E-state index contributed by atoms with van der Waals surface area (Å²) in [6, 6.07) is -0.00995. The first-order chi connectivity index (χ1) is 8.86. The molecule has 1 aromatic carbocycles. The molecule has 1 heterocycles. The zero-order chi connectivity index (χ0) is 14.3. The summed E-state index contributed by atoms with van der Waals surface area (Å²) in [5, 5.41) is 4.36. The Morgan fingerprint density at radius 1 is 0.789 bits per heavy atom. The minimum atomic E-state index is -0.00995. The average Bonchev–Trinajstić information content (AvgIpc) is 2.80. The Labute approximate surface area is 120 Å². The number of hydrogen-bond acceptors (Lipinski definition) is 2. The van der Waals surface area contributed by atoms with Crippen LogP contribution in [0.25, 0.3) is 0 Å². The molecule has 0 saturated carbocycles. The lowest BCUT2D eigenvalue weighted by Crippen LogP contribution is -2.17. The fraction of sp³-hybridized carbons (Fsp3) is 0.412. The van der Waals surface area contributed by atoms with Crippen LogP contribution >= 0.6 is 11.3 Å². The molecule has 1 aromatic heterocycles. The van der Waals surface area contributed by atoms with E-state index in [-0.39, 0.29) is 6.04 Å². The minimum absolute atomic E-state index is 0.00995. The van der Waals surface area contributed by atoms with E-state index >= 15 is 0 Å². The maximum absolute atomic E-state index is 6.56. The molecule has 0 bridgehead atoms. The van der Waals surface area contributed by atoms with Crippen molar-refractivity contribution in [3.05, 3.63) is 55.3 Å². The normalized spacial score (nSPS) is 12.8. The number of rotatable bonds is 2. The van der Waals surface area contributed by atoms with Gasteiger partial charge < -0.3 is 5.73 Å². The lowest BCUT2D eigenvalue weighted by atomic mass is 9.84. The molecule has 1 unspecified atom stereocenters. The largest absolute Gasteiger partial charge is 0.320 e. The molecule has 0 aliphatic rings. The lowest BCUT2D eigenvalue weighted by Gasteiger charge is -2.23. The summed E-state index contributed by atoms with van der Waals surface area (Å²) < 4.78 is 0. The maximum Gasteiger partial charge on any atom is 0.0567 e. The first-order valence-corrected chi connectivity index (χ1v) is 7.65. The van der Waals surface area contributed by atoms with Crippen LogP contribution in [0.5, 0.6) is 0 Å². The van der Waals surface area contributed by atoms with E-state index < -0.39 is 0 Å². The van der Waals surface area contributed by atoms with Crippen molar-refractivity contribution in [2.24, 2.45) is 5.73 Å². The third-order valence-electron chi connectivity index (χ3n) is 4.60. The van der Waals surface area contributed by atoms with Crippen molar-refractivity contribution in [2.45, 2.75) is 47.6 Å². The van der Waals surface area contributed by atoms with Crippen LogP contribution in [0, 0.1) is 41.5 Å². The van der Waals surface area contributed by atoms with Crippen LogP contribution in [0.4, 0.5) is 0 Å². The van der Waals surface area contributed by atoms with Crippen LogP contribution in [0.3, 0.4) is 0 Å². The van der Waals surface area contributed by atoms with Gasteiger partial charge in [0.15, 0.2) is 0 Å². The van der Waals surface area contributed by atoms with Gasteiger partial charge >= 0.3 is 0 Å². The van der Waals surface area contributed by atoms with E-state index in [1.165, 1.54) is 44.5 Å². The molecule has 0 fully saturated rings. The van der Waals surface area contributed by atoms with Crippen molar-refractivity contribution < 1.29 is 0 Å². The Bertz CT molecular complexity index is 593. The fourth-order valence-corrected chi connectivity index (χ4v) is 3.73. The van der Waals surface area contributed by atoms with E-state index in [0.29, 0.717) is 0 Å². The Kier molecular flexibility index (Phi) is 3.84. The second-order valence-electron chi connectivity index (χ2n) is 5.53. The molecule has 2 N–H and O–H groups in total. The van der Waals surface area contributed by atoms with E-state index in [9.17, 15) is 0 Å². The molecule has 1 atom stereocenters. The number of nitrogens with two attached hydrogens (primary N) is 1. The average molecular weight is 273 g/mol. The third kappa shape index (κ3) is 2.24. The molecule has 102 valence electrons. The van der Waals surface area contributed by atoms with Crippen LogP contribution in [-0.4, -0.2) is 0 Å². The van der Waals surface area contributed by atoms with Gasteiger partial charge in [-0.15, -0.1) is 0 Å². The van der Waals surface area contributed by atoms with Crippen LogP contribution in [-0.2, 0) is 0 Å². The van der Waals surface area contributed by atoms with E-state index in [4.69, 9.17) is 5.73 Å². The molecule has 19 heavy (non-hydrogen) atoms. The van der Waals surface area contributed by atoms with Crippen molar-refractivity contribution in [2.75, 3.05) is 0 Å². The molecule has 0 radical (unpaired) electrons. The van der Waals surface area contributed by atoms with Crippen molar-refractivity contribution in [3.8, 4) is 0 Å². The first kappa shape index (κ1) is 14.3. The van der Waals surface area contributed by atoms with Crippen molar-refractivity contribution in [3.63, 3.8) is 0 Å². The highest BCUT2D eigenvalue weighted by atomic mass is 32.1. The quantitative estimate of drug-likeness (QED) is 0.847. The third-order valence-corrected chi connectivity index (χ3v) is 5.48. The van der Waals surface area contributed by atoms with Gasteiger partial charge in [-0.1, -0.05) is 0 Å². The van der Waals surface area contributed by atoms with Crippen LogP contribution in [0.2, 0.25) is 0 Å². The monoisotopic (exact) mass is 273 g/mol. The molecule has 2 rings (SSSR count). The van der Waals surface area contributed by atoms with E-state index in [0.717, 1.165) is 0 Å². The molecule has 0 spiro atoms. The number of thiophene rings is 1. The molecule has 0 aliphatic carbocycles. The summed E-state index contributed by atoms with van der Waals surface area (Å²) in [7, 11) is 0. The van der Waals surface area contributed by atoms with Crippen molar-refractivity contribution >= 4 is 11.3 Å². The number of aryl methyl sites for hydroxylation is 1. The predicted octanol–water partition coefficient (Wildman–Crippen LogP) is 4.65. The van der Waals surface area contributed by atoms with Gasteiger partial charge in [0, 0.05) is 0 Å². The zero-order valence-electron chi connectivity index (χ0n) is 12.7. The van der Waals surface area contributed by atoms with Gasteiger partial charge in [0.05, 0.1) is 6.04 Å². The fourth-order valence-electron chi connectivity index (χ4n) is 2.84. The van der Waals surface area contributed by atoms with Gasteiger partial charge in [0.1, 0.15) is 0 Å². The molecule has 0 saturated heterocycles. The van der Waals surface area contributed by atoms with E-state index in [1.807, 2.05) is 0 Å². The SMILES string of the molecule is Cc1cscc1C(N)c1c(C)c(C)c(C)c(C)c1C. The van der Waals surface area contributed by atoms with Crippen molar-refractivity contribution in [1.29, 1.82) is 0 Å². The highest BCUT2D eigenvalue weighted by molar-refractivity contribution is 7.08. The van der Waals surface area contributed by atoms with Gasteiger partial charge in [0.25, 0.3) is 0 Å². The number of benzene rings is 1. The molecular formula is C17H23NS. The van der Waals surface area contributed by atoms with Gasteiger partial charge in [-0.05, 0) is 96.8 Å². The molecule has 0 aliphatic heterocycles. The molecule has 2 heteroatoms. The maximum atomic E-state index is 6.56. The van der Waals surface area contributed by atoms with Gasteiger partial charge in [0.2, 0.25) is 0 Å². The van der Waals surface area contributed by atoms with E-state index in [2.05, 4.69) is 52.3 Å². The summed E-state index contributed by atoms with van der Waals surface area (Å²) in [5.74, 6) is 0. The van der Waals surface area contributed by atoms with E-state index in [1.54, 1.807) is 11.3 Å². The summed E-state index contributed by atoms with van der Waals surface area (Å²) in [6.07, 6.45) is 0. The Morgan fingerprint density at radius 2 is 1.26 bits per heavy atom. The summed E-state index contributed by atoms with van der Waals surface area (Å²) in [6.45, 7) is 13.2. The molecule has 1 nitrogen and oxygen atoms in total. The van der Waals surface area contributed by atoms with Crippen molar-refractivity contribution in [1.82, 2.24) is 0 Å². The zero-order valence-corrected chi connectivity index (χ0v) is 13.5. The summed E-state index contributed by atoms with van der Waals surface area (Å²) in [4.78, 5) is 0. The second kappa shape index (κ2) is 5.10.